The Morgan fingerprint density at radius 2 is 1.78 bits per heavy atom. The number of carbonyl (C=O) groups excluding carboxylic acids is 1. The Morgan fingerprint density at radius 1 is 1.06 bits per heavy atom. The Balaban J connectivity index is 1.71. The lowest BCUT2D eigenvalue weighted by Gasteiger charge is -2.48. The average Bonchev–Trinajstić information content (AvgIpc) is 3.14. The first-order valence-corrected chi connectivity index (χ1v) is 10.7. The van der Waals surface area contributed by atoms with Crippen LogP contribution in [0.3, 0.4) is 0 Å². The molecule has 1 amide bonds. The Labute approximate surface area is 194 Å². The van der Waals surface area contributed by atoms with Crippen molar-refractivity contribution < 1.29 is 4.79 Å². The van der Waals surface area contributed by atoms with Gasteiger partial charge in [-0.1, -0.05) is 47.5 Å². The van der Waals surface area contributed by atoms with Crippen molar-refractivity contribution in [1.82, 2.24) is 25.1 Å². The monoisotopic (exact) mass is 467 g/mol. The van der Waals surface area contributed by atoms with E-state index in [4.69, 9.17) is 34.0 Å². The number of aromatic nitrogens is 4. The first-order valence-electron chi connectivity index (χ1n) is 9.92. The lowest BCUT2D eigenvalue weighted by atomic mass is 9.89. The topological polar surface area (TPSA) is 102 Å². The Morgan fingerprint density at radius 3 is 2.44 bits per heavy atom. The molecule has 1 saturated heterocycles. The van der Waals surface area contributed by atoms with Crippen LogP contribution in [0.2, 0.25) is 10.0 Å². The van der Waals surface area contributed by atoms with Crippen molar-refractivity contribution in [3.63, 3.8) is 0 Å². The third kappa shape index (κ3) is 3.19. The minimum absolute atomic E-state index is 0.389. The van der Waals surface area contributed by atoms with E-state index in [0.29, 0.717) is 45.7 Å². The zero-order valence-corrected chi connectivity index (χ0v) is 18.6. The van der Waals surface area contributed by atoms with Gasteiger partial charge in [0.1, 0.15) is 23.1 Å². The van der Waals surface area contributed by atoms with E-state index in [0.717, 1.165) is 11.3 Å². The average molecular weight is 468 g/mol. The summed E-state index contributed by atoms with van der Waals surface area (Å²) in [6.45, 7) is 0.778. The fraction of sp³-hybridized carbons (Fsp3) is 0.182. The van der Waals surface area contributed by atoms with Crippen molar-refractivity contribution in [2.75, 3.05) is 25.0 Å². The van der Waals surface area contributed by atoms with Gasteiger partial charge in [-0.2, -0.15) is 5.10 Å². The van der Waals surface area contributed by atoms with Crippen LogP contribution in [0.5, 0.6) is 0 Å². The third-order valence-electron chi connectivity index (χ3n) is 5.81. The van der Waals surface area contributed by atoms with Gasteiger partial charge in [0.05, 0.1) is 10.7 Å². The zero-order chi connectivity index (χ0) is 22.5. The second-order valence-corrected chi connectivity index (χ2v) is 8.51. The molecule has 8 nitrogen and oxygen atoms in total. The number of anilines is 1. The van der Waals surface area contributed by atoms with Crippen LogP contribution < -0.4 is 16.0 Å². The third-order valence-corrected chi connectivity index (χ3v) is 6.38. The molecule has 0 atom stereocenters. The molecule has 5 rings (SSSR count). The largest absolute Gasteiger partial charge is 0.368 e. The molecule has 0 spiro atoms. The molecule has 2 aromatic heterocycles. The van der Waals surface area contributed by atoms with Gasteiger partial charge in [0, 0.05) is 23.7 Å². The van der Waals surface area contributed by atoms with Crippen molar-refractivity contribution >= 4 is 46.0 Å². The summed E-state index contributed by atoms with van der Waals surface area (Å²) in [5.41, 5.74) is 8.44. The van der Waals surface area contributed by atoms with Gasteiger partial charge in [0.2, 0.25) is 5.91 Å². The van der Waals surface area contributed by atoms with Gasteiger partial charge >= 0.3 is 0 Å². The number of nitrogens with two attached hydrogens (primary N) is 1. The number of halogens is 2. The van der Waals surface area contributed by atoms with Crippen molar-refractivity contribution in [3.8, 4) is 16.9 Å². The van der Waals surface area contributed by atoms with Crippen LogP contribution in [0.1, 0.15) is 0 Å². The van der Waals surface area contributed by atoms with Gasteiger partial charge in [-0.05, 0) is 31.3 Å². The smallest absolute Gasteiger partial charge is 0.241 e. The van der Waals surface area contributed by atoms with Gasteiger partial charge < -0.3 is 16.0 Å². The van der Waals surface area contributed by atoms with Crippen LogP contribution in [0.15, 0.2) is 54.9 Å². The maximum absolute atomic E-state index is 11.9. The number of likely N-dealkylation sites (N-methyl/N-ethyl adjacent to an activating group) is 1. The molecule has 0 aliphatic carbocycles. The number of carbonyl (C=O) groups is 1. The van der Waals surface area contributed by atoms with Crippen molar-refractivity contribution in [3.05, 3.63) is 64.9 Å². The minimum Gasteiger partial charge on any atom is -0.368 e. The highest BCUT2D eigenvalue weighted by atomic mass is 35.5. The van der Waals surface area contributed by atoms with E-state index in [1.807, 2.05) is 53.4 Å². The van der Waals surface area contributed by atoms with E-state index in [1.165, 1.54) is 6.33 Å². The fourth-order valence-electron chi connectivity index (χ4n) is 3.97. The molecule has 0 bridgehead atoms. The number of nitrogens with zero attached hydrogens (tertiary/aromatic N) is 5. The predicted molar refractivity (Wildman–Crippen MR) is 125 cm³/mol. The summed E-state index contributed by atoms with van der Waals surface area (Å²) >= 11 is 12.6. The van der Waals surface area contributed by atoms with Crippen LogP contribution in [-0.4, -0.2) is 51.3 Å². The number of primary amides is 1. The SMILES string of the molecule is CNC1(C(N)=O)CN(c2ncnc3c(-c4ccc(Cl)cc4)n(-c4ccccc4Cl)nc23)C1. The summed E-state index contributed by atoms with van der Waals surface area (Å²) in [6.07, 6.45) is 1.50. The summed E-state index contributed by atoms with van der Waals surface area (Å²) in [5.74, 6) is 0.230. The molecule has 162 valence electrons. The van der Waals surface area contributed by atoms with Crippen LogP contribution in [0, 0.1) is 0 Å². The molecule has 32 heavy (non-hydrogen) atoms. The lowest BCUT2D eigenvalue weighted by Crippen LogP contribution is -2.74. The first-order chi connectivity index (χ1) is 15.4. The number of benzene rings is 2. The van der Waals surface area contributed by atoms with Crippen LogP contribution >= 0.6 is 23.2 Å². The standard InChI is InChI=1S/C22H19Cl2N7O/c1-26-22(21(25)32)10-30(11-22)20-18-17(27-12-28-20)19(13-6-8-14(23)9-7-13)31(29-18)16-5-3-2-4-15(16)24/h2-9,12,26H,10-11H2,1H3,(H2,25,32). The number of fused-ring (bicyclic) bond motifs is 1. The van der Waals surface area contributed by atoms with Gasteiger partial charge in [0.25, 0.3) is 0 Å². The number of amides is 1. The second kappa shape index (κ2) is 7.74. The summed E-state index contributed by atoms with van der Waals surface area (Å²) in [4.78, 5) is 22.9. The first kappa shape index (κ1) is 20.7. The van der Waals surface area contributed by atoms with Gasteiger partial charge in [-0.3, -0.25) is 4.79 Å². The van der Waals surface area contributed by atoms with Gasteiger partial charge in [0.15, 0.2) is 11.3 Å². The molecule has 0 saturated carbocycles. The van der Waals surface area contributed by atoms with E-state index in [9.17, 15) is 4.79 Å². The number of nitrogens with one attached hydrogen (secondary N) is 1. The highest BCUT2D eigenvalue weighted by Crippen LogP contribution is 2.37. The van der Waals surface area contributed by atoms with E-state index < -0.39 is 11.4 Å². The maximum Gasteiger partial charge on any atom is 0.241 e. The highest BCUT2D eigenvalue weighted by Gasteiger charge is 2.48. The zero-order valence-electron chi connectivity index (χ0n) is 17.1. The molecule has 1 aliphatic rings. The fourth-order valence-corrected chi connectivity index (χ4v) is 4.32. The van der Waals surface area contributed by atoms with E-state index in [2.05, 4.69) is 15.3 Å². The Kier molecular flexibility index (Phi) is 5.00. The molecular weight excluding hydrogens is 449 g/mol. The molecule has 3 N–H and O–H groups in total. The second-order valence-electron chi connectivity index (χ2n) is 7.67. The molecule has 1 fully saturated rings. The summed E-state index contributed by atoms with van der Waals surface area (Å²) < 4.78 is 1.77. The van der Waals surface area contributed by atoms with Crippen LogP contribution in [-0.2, 0) is 4.79 Å². The molecule has 0 unspecified atom stereocenters. The highest BCUT2D eigenvalue weighted by molar-refractivity contribution is 6.32. The molecule has 2 aromatic carbocycles. The molecule has 10 heteroatoms. The number of rotatable bonds is 5. The summed E-state index contributed by atoms with van der Waals surface area (Å²) in [6, 6.07) is 14.9. The minimum atomic E-state index is -0.790. The summed E-state index contributed by atoms with van der Waals surface area (Å²) in [5, 5.41) is 9.07. The lowest BCUT2D eigenvalue weighted by molar-refractivity contribution is -0.125. The van der Waals surface area contributed by atoms with Gasteiger partial charge in [-0.25, -0.2) is 14.6 Å². The van der Waals surface area contributed by atoms with Crippen molar-refractivity contribution in [2.45, 2.75) is 5.54 Å². The summed E-state index contributed by atoms with van der Waals surface area (Å²) in [7, 11) is 1.72. The Bertz CT molecular complexity index is 1330. The van der Waals surface area contributed by atoms with E-state index in [1.54, 1.807) is 11.7 Å². The van der Waals surface area contributed by atoms with Crippen molar-refractivity contribution in [1.29, 1.82) is 0 Å². The van der Waals surface area contributed by atoms with Crippen molar-refractivity contribution in [2.24, 2.45) is 5.73 Å². The maximum atomic E-state index is 11.9. The van der Waals surface area contributed by atoms with Crippen LogP contribution in [0.25, 0.3) is 28.0 Å². The predicted octanol–water partition coefficient (Wildman–Crippen LogP) is 3.05. The Hall–Kier alpha value is -3.20. The van der Waals surface area contributed by atoms with E-state index in [-0.39, 0.29) is 0 Å². The number of hydrogen-bond donors (Lipinski definition) is 2. The van der Waals surface area contributed by atoms with Gasteiger partial charge in [-0.15, -0.1) is 0 Å². The normalized spacial score (nSPS) is 15.0. The molecule has 4 aromatic rings. The molecular formula is C22H19Cl2N7O. The quantitative estimate of drug-likeness (QED) is 0.467. The number of para-hydroxylation sites is 1. The molecule has 0 radical (unpaired) electrons. The molecule has 3 heterocycles. The van der Waals surface area contributed by atoms with Crippen LogP contribution in [0.4, 0.5) is 5.82 Å². The molecule has 1 aliphatic heterocycles. The van der Waals surface area contributed by atoms with E-state index >= 15 is 0 Å². The number of hydrogen-bond acceptors (Lipinski definition) is 6.